The van der Waals surface area contributed by atoms with Gasteiger partial charge in [-0.15, -0.1) is 11.3 Å². The largest absolute Gasteiger partial charge is 0.343 e. The number of anilines is 1. The van der Waals surface area contributed by atoms with Crippen LogP contribution in [0.2, 0.25) is 0 Å². The van der Waals surface area contributed by atoms with Gasteiger partial charge in [-0.1, -0.05) is 12.1 Å². The maximum absolute atomic E-state index is 12.7. The van der Waals surface area contributed by atoms with Gasteiger partial charge < -0.3 is 10.6 Å². The zero-order valence-electron chi connectivity index (χ0n) is 20.3. The third kappa shape index (κ3) is 5.08. The van der Waals surface area contributed by atoms with Gasteiger partial charge in [-0.3, -0.25) is 9.59 Å². The number of thiazole rings is 1. The molecule has 0 saturated heterocycles. The molecule has 5 rings (SSSR count). The standard InChI is InChI=1S/C27H23N7O2S/c1-16-10-22(31-15-30-16)20-4-3-5-21(32-20)23-13-37-26(33-23)34-24(35)12-29-25(36)18-7-6-17-8-9-27(2,14-28)19(17)11-18/h3-7,10-11,13,15H,8-9,12H2,1-2H3,(H,29,36)(H,33,34,35)/t27-/m1/s1. The summed E-state index contributed by atoms with van der Waals surface area (Å²) in [4.78, 5) is 42.6. The molecule has 37 heavy (non-hydrogen) atoms. The second kappa shape index (κ2) is 9.87. The van der Waals surface area contributed by atoms with E-state index in [-0.39, 0.29) is 12.5 Å². The lowest BCUT2D eigenvalue weighted by atomic mass is 9.85. The highest BCUT2D eigenvalue weighted by molar-refractivity contribution is 7.14. The SMILES string of the molecule is Cc1cc(-c2cccc(-c3csc(NC(=O)CNC(=O)c4ccc5c(c4)[C@@](C)(C#N)CC5)n3)n2)ncn1. The van der Waals surface area contributed by atoms with Gasteiger partial charge in [-0.25, -0.2) is 19.9 Å². The summed E-state index contributed by atoms with van der Waals surface area (Å²) in [6, 6.07) is 15.2. The van der Waals surface area contributed by atoms with Crippen LogP contribution in [0.3, 0.4) is 0 Å². The van der Waals surface area contributed by atoms with Gasteiger partial charge in [0, 0.05) is 16.6 Å². The molecule has 3 aromatic heterocycles. The molecule has 0 spiro atoms. The van der Waals surface area contributed by atoms with Crippen molar-refractivity contribution >= 4 is 28.3 Å². The summed E-state index contributed by atoms with van der Waals surface area (Å²) in [6.07, 6.45) is 3.06. The Morgan fingerprint density at radius 1 is 1.08 bits per heavy atom. The van der Waals surface area contributed by atoms with E-state index in [1.165, 1.54) is 17.7 Å². The smallest absolute Gasteiger partial charge is 0.251 e. The zero-order valence-corrected chi connectivity index (χ0v) is 21.1. The molecule has 0 fully saturated rings. The third-order valence-corrected chi connectivity index (χ3v) is 7.10. The number of amides is 2. The Morgan fingerprint density at radius 2 is 1.89 bits per heavy atom. The summed E-state index contributed by atoms with van der Waals surface area (Å²) < 4.78 is 0. The van der Waals surface area contributed by atoms with Crippen molar-refractivity contribution in [2.45, 2.75) is 32.1 Å². The third-order valence-electron chi connectivity index (χ3n) is 6.35. The number of hydrogen-bond acceptors (Lipinski definition) is 8. The number of fused-ring (bicyclic) bond motifs is 1. The van der Waals surface area contributed by atoms with Crippen LogP contribution in [0.4, 0.5) is 5.13 Å². The van der Waals surface area contributed by atoms with Gasteiger partial charge in [0.15, 0.2) is 5.13 Å². The van der Waals surface area contributed by atoms with Crippen molar-refractivity contribution in [2.24, 2.45) is 0 Å². The van der Waals surface area contributed by atoms with E-state index in [2.05, 4.69) is 36.6 Å². The Kier molecular flexibility index (Phi) is 6.46. The van der Waals surface area contributed by atoms with Crippen LogP contribution in [0.1, 0.15) is 40.5 Å². The first kappa shape index (κ1) is 24.2. The number of nitrogens with zero attached hydrogens (tertiary/aromatic N) is 5. The number of hydrogen-bond donors (Lipinski definition) is 2. The number of carbonyl (C=O) groups is 2. The fourth-order valence-electron chi connectivity index (χ4n) is 4.27. The van der Waals surface area contributed by atoms with Crippen molar-refractivity contribution in [1.29, 1.82) is 5.26 Å². The Morgan fingerprint density at radius 3 is 2.68 bits per heavy atom. The lowest BCUT2D eigenvalue weighted by Gasteiger charge is -2.16. The fourth-order valence-corrected chi connectivity index (χ4v) is 4.99. The minimum Gasteiger partial charge on any atom is -0.343 e. The first-order chi connectivity index (χ1) is 17.8. The molecule has 9 nitrogen and oxygen atoms in total. The number of aryl methyl sites for hydroxylation is 2. The lowest BCUT2D eigenvalue weighted by Crippen LogP contribution is -2.33. The number of carbonyl (C=O) groups excluding carboxylic acids is 2. The van der Waals surface area contributed by atoms with E-state index in [0.717, 1.165) is 35.4 Å². The Hall–Kier alpha value is -4.49. The number of benzene rings is 1. The van der Waals surface area contributed by atoms with Crippen molar-refractivity contribution in [1.82, 2.24) is 25.3 Å². The second-order valence-electron chi connectivity index (χ2n) is 9.04. The summed E-state index contributed by atoms with van der Waals surface area (Å²) in [5.41, 5.74) is 5.35. The molecule has 0 saturated carbocycles. The maximum Gasteiger partial charge on any atom is 0.251 e. The summed E-state index contributed by atoms with van der Waals surface area (Å²) in [6.45, 7) is 3.57. The normalized spacial score (nSPS) is 16.0. The van der Waals surface area contributed by atoms with Crippen LogP contribution in [-0.2, 0) is 16.6 Å². The number of aromatic nitrogens is 4. The van der Waals surface area contributed by atoms with Crippen molar-refractivity contribution < 1.29 is 9.59 Å². The highest BCUT2D eigenvalue weighted by Gasteiger charge is 2.34. The maximum atomic E-state index is 12.7. The molecule has 0 unspecified atom stereocenters. The van der Waals surface area contributed by atoms with Crippen LogP contribution in [0.15, 0.2) is 54.2 Å². The van der Waals surface area contributed by atoms with E-state index in [1.807, 2.05) is 49.6 Å². The van der Waals surface area contributed by atoms with Crippen LogP contribution in [0, 0.1) is 18.3 Å². The molecule has 2 amide bonds. The molecule has 4 aromatic rings. The van der Waals surface area contributed by atoms with Crippen molar-refractivity contribution in [3.63, 3.8) is 0 Å². The molecule has 0 aliphatic heterocycles. The van der Waals surface area contributed by atoms with Crippen molar-refractivity contribution in [3.8, 4) is 28.8 Å². The van der Waals surface area contributed by atoms with Crippen LogP contribution in [0.5, 0.6) is 0 Å². The van der Waals surface area contributed by atoms with Crippen LogP contribution in [0.25, 0.3) is 22.8 Å². The molecule has 0 radical (unpaired) electrons. The Balaban J connectivity index is 1.21. The Labute approximate surface area is 217 Å². The summed E-state index contributed by atoms with van der Waals surface area (Å²) in [5.74, 6) is -0.763. The number of nitrogens with one attached hydrogen (secondary N) is 2. The molecule has 10 heteroatoms. The molecule has 3 heterocycles. The first-order valence-electron chi connectivity index (χ1n) is 11.7. The van der Waals surface area contributed by atoms with Gasteiger partial charge in [0.25, 0.3) is 5.91 Å². The van der Waals surface area contributed by atoms with Gasteiger partial charge in [0.2, 0.25) is 5.91 Å². The summed E-state index contributed by atoms with van der Waals surface area (Å²) in [5, 5.41) is 17.1. The summed E-state index contributed by atoms with van der Waals surface area (Å²) in [7, 11) is 0. The van der Waals surface area contributed by atoms with E-state index in [0.29, 0.717) is 27.8 Å². The second-order valence-corrected chi connectivity index (χ2v) is 9.90. The van der Waals surface area contributed by atoms with Crippen molar-refractivity contribution in [2.75, 3.05) is 11.9 Å². The topological polar surface area (TPSA) is 134 Å². The van der Waals surface area contributed by atoms with Crippen molar-refractivity contribution in [3.05, 3.63) is 76.6 Å². The zero-order chi connectivity index (χ0) is 26.0. The molecule has 184 valence electrons. The molecule has 1 aromatic carbocycles. The van der Waals surface area contributed by atoms with Crippen LogP contribution < -0.4 is 10.6 Å². The average Bonchev–Trinajstić information content (AvgIpc) is 3.52. The quantitative estimate of drug-likeness (QED) is 0.400. The van der Waals surface area contributed by atoms with Gasteiger partial charge in [-0.2, -0.15) is 5.26 Å². The minimum atomic E-state index is -0.590. The predicted molar refractivity (Wildman–Crippen MR) is 140 cm³/mol. The van der Waals surface area contributed by atoms with E-state index >= 15 is 0 Å². The minimum absolute atomic E-state index is 0.207. The molecular formula is C27H23N7O2S. The van der Waals surface area contributed by atoms with E-state index < -0.39 is 11.3 Å². The van der Waals surface area contributed by atoms with E-state index in [9.17, 15) is 14.9 Å². The van der Waals surface area contributed by atoms with E-state index in [1.54, 1.807) is 12.1 Å². The number of rotatable bonds is 6. The highest BCUT2D eigenvalue weighted by atomic mass is 32.1. The number of nitriles is 1. The van der Waals surface area contributed by atoms with Crippen LogP contribution in [-0.4, -0.2) is 38.3 Å². The molecular weight excluding hydrogens is 486 g/mol. The van der Waals surface area contributed by atoms with Gasteiger partial charge >= 0.3 is 0 Å². The molecule has 1 aliphatic rings. The fraction of sp³-hybridized carbons (Fsp3) is 0.222. The molecule has 1 atom stereocenters. The average molecular weight is 510 g/mol. The van der Waals surface area contributed by atoms with Gasteiger partial charge in [-0.05, 0) is 68.1 Å². The number of pyridine rings is 1. The highest BCUT2D eigenvalue weighted by Crippen LogP contribution is 2.38. The molecule has 1 aliphatic carbocycles. The first-order valence-corrected chi connectivity index (χ1v) is 12.6. The van der Waals surface area contributed by atoms with E-state index in [4.69, 9.17) is 0 Å². The lowest BCUT2D eigenvalue weighted by molar-refractivity contribution is -0.115. The summed E-state index contributed by atoms with van der Waals surface area (Å²) >= 11 is 1.27. The predicted octanol–water partition coefficient (Wildman–Crippen LogP) is 4.07. The molecule has 0 bridgehead atoms. The van der Waals surface area contributed by atoms with Gasteiger partial charge in [0.05, 0.1) is 35.1 Å². The monoisotopic (exact) mass is 509 g/mol. The Bertz CT molecular complexity index is 1560. The molecule has 2 N–H and O–H groups in total. The van der Waals surface area contributed by atoms with Crippen LogP contribution >= 0.6 is 11.3 Å². The van der Waals surface area contributed by atoms with Gasteiger partial charge in [0.1, 0.15) is 12.0 Å².